The van der Waals surface area contributed by atoms with Crippen molar-refractivity contribution in [3.8, 4) is 0 Å². The minimum atomic E-state index is -1.20. The van der Waals surface area contributed by atoms with E-state index in [4.69, 9.17) is 0 Å². The maximum Gasteiger partial charge on any atom is 0.134 e. The molecule has 0 aliphatic rings. The van der Waals surface area contributed by atoms with Crippen LogP contribution in [0.2, 0.25) is 0 Å². The molecule has 0 saturated heterocycles. The zero-order valence-electron chi connectivity index (χ0n) is 18.8. The molecule has 0 aromatic carbocycles. The molecule has 0 aliphatic heterocycles. The van der Waals surface area contributed by atoms with Crippen LogP contribution in [0.5, 0.6) is 0 Å². The van der Waals surface area contributed by atoms with Crippen LogP contribution in [0.4, 0.5) is 0 Å². The molecule has 4 N–H and O–H groups in total. The van der Waals surface area contributed by atoms with Gasteiger partial charge in [0, 0.05) is 11.2 Å². The summed E-state index contributed by atoms with van der Waals surface area (Å²) < 4.78 is 0. The molecule has 0 unspecified atom stereocenters. The number of rotatable bonds is 18. The van der Waals surface area contributed by atoms with Gasteiger partial charge in [-0.2, -0.15) is 0 Å². The Morgan fingerprint density at radius 3 is 2.28 bits per heavy atom. The smallest absolute Gasteiger partial charge is 0.134 e. The van der Waals surface area contributed by atoms with Crippen LogP contribution in [-0.2, 0) is 9.59 Å². The van der Waals surface area contributed by atoms with Crippen molar-refractivity contribution < 1.29 is 30.6 Å². The first kappa shape index (κ1) is 29.7. The summed E-state index contributed by atoms with van der Waals surface area (Å²) in [5, 5.41) is 31.5. The van der Waals surface area contributed by atoms with Crippen LogP contribution in [0.15, 0.2) is 72.9 Å². The molecule has 0 rings (SSSR count). The summed E-state index contributed by atoms with van der Waals surface area (Å²) in [4.78, 5) is 21.2. The van der Waals surface area contributed by atoms with Crippen LogP contribution < -0.4 is 15.9 Å². The molecule has 0 bridgehead atoms. The van der Waals surface area contributed by atoms with Gasteiger partial charge in [0.15, 0.2) is 0 Å². The molecule has 0 aliphatic carbocycles. The van der Waals surface area contributed by atoms with Crippen LogP contribution in [0, 0.1) is 0 Å². The van der Waals surface area contributed by atoms with Crippen LogP contribution in [0.3, 0.4) is 0 Å². The number of carboxylic acid groups (broad SMARTS) is 2. The molecule has 0 heterocycles. The van der Waals surface area contributed by atoms with E-state index in [1.165, 1.54) is 11.8 Å². The number of aliphatic hydroxyl groups excluding tert-OH is 1. The van der Waals surface area contributed by atoms with E-state index >= 15 is 0 Å². The van der Waals surface area contributed by atoms with Crippen molar-refractivity contribution in [2.75, 3.05) is 5.75 Å². The highest BCUT2D eigenvalue weighted by atomic mass is 32.2. The summed E-state index contributed by atoms with van der Waals surface area (Å²) >= 11 is 1.34. The summed E-state index contributed by atoms with van der Waals surface area (Å²) in [7, 11) is 0. The molecule has 0 aromatic heterocycles. The van der Waals surface area contributed by atoms with Crippen LogP contribution in [-0.4, -0.2) is 40.2 Å². The molecule has 0 radical (unpaired) electrons. The van der Waals surface area contributed by atoms with E-state index in [1.807, 2.05) is 60.8 Å². The van der Waals surface area contributed by atoms with Crippen LogP contribution in [0.1, 0.15) is 45.4 Å². The third-order valence-electron chi connectivity index (χ3n) is 4.15. The van der Waals surface area contributed by atoms with Gasteiger partial charge in [0.25, 0.3) is 0 Å². The normalized spacial score (nSPS) is 15.7. The van der Waals surface area contributed by atoms with Crippen molar-refractivity contribution in [3.63, 3.8) is 0 Å². The fraction of sp³-hybridized carbons (Fsp3) is 0.440. The largest absolute Gasteiger partial charge is 0.550 e. The molecule has 178 valence electrons. The number of hydrogen-bond acceptors (Lipinski definition) is 6. The monoisotopic (exact) mass is 462 g/mol. The average Bonchev–Trinajstić information content (AvgIpc) is 2.75. The van der Waals surface area contributed by atoms with Gasteiger partial charge < -0.3 is 30.6 Å². The molecule has 3 atom stereocenters. The highest BCUT2D eigenvalue weighted by molar-refractivity contribution is 8.00. The van der Waals surface area contributed by atoms with E-state index in [2.05, 4.69) is 24.8 Å². The number of carbonyl (C=O) groups excluding carboxylic acids is 2. The van der Waals surface area contributed by atoms with E-state index in [0.717, 1.165) is 12.8 Å². The van der Waals surface area contributed by atoms with Gasteiger partial charge >= 0.3 is 0 Å². The Balaban J connectivity index is 4.64. The Bertz CT molecular complexity index is 694. The lowest BCUT2D eigenvalue weighted by atomic mass is 10.1. The van der Waals surface area contributed by atoms with Crippen LogP contribution in [0.25, 0.3) is 0 Å². The molecule has 0 saturated carbocycles. The summed E-state index contributed by atoms with van der Waals surface area (Å²) in [6, 6.07) is -0.837. The fourth-order valence-electron chi connectivity index (χ4n) is 2.35. The number of quaternary nitrogens is 1. The van der Waals surface area contributed by atoms with Crippen molar-refractivity contribution in [1.82, 2.24) is 0 Å². The summed E-state index contributed by atoms with van der Waals surface area (Å²) in [6.45, 7) is 2.07. The van der Waals surface area contributed by atoms with Gasteiger partial charge in [0.1, 0.15) is 6.04 Å². The van der Waals surface area contributed by atoms with E-state index in [-0.39, 0.29) is 17.4 Å². The maximum absolute atomic E-state index is 10.9. The Hall–Kier alpha value is -2.35. The molecular weight excluding hydrogens is 426 g/mol. The fourth-order valence-corrected chi connectivity index (χ4v) is 3.48. The molecule has 0 aromatic rings. The Labute approximate surface area is 196 Å². The van der Waals surface area contributed by atoms with E-state index in [0.29, 0.717) is 19.3 Å². The minimum absolute atomic E-state index is 0.0272. The first-order valence-electron chi connectivity index (χ1n) is 10.9. The van der Waals surface area contributed by atoms with Gasteiger partial charge in [-0.1, -0.05) is 79.8 Å². The highest BCUT2D eigenvalue weighted by Crippen LogP contribution is 2.20. The molecular formula is C25H36NO5S-. The molecule has 0 fully saturated rings. The number of allylic oxidation sites excluding steroid dienone is 10. The van der Waals surface area contributed by atoms with Crippen molar-refractivity contribution in [3.05, 3.63) is 72.9 Å². The van der Waals surface area contributed by atoms with Gasteiger partial charge in [-0.05, 0) is 38.5 Å². The number of carbonyl (C=O) groups is 2. The van der Waals surface area contributed by atoms with Crippen molar-refractivity contribution in [2.24, 2.45) is 0 Å². The first-order valence-corrected chi connectivity index (χ1v) is 11.9. The van der Waals surface area contributed by atoms with Crippen LogP contribution >= 0.6 is 11.8 Å². The average molecular weight is 463 g/mol. The molecule has 6 nitrogen and oxygen atoms in total. The zero-order chi connectivity index (χ0) is 24.0. The number of aliphatic hydroxyl groups is 1. The molecule has 32 heavy (non-hydrogen) atoms. The maximum atomic E-state index is 10.9. The highest BCUT2D eigenvalue weighted by Gasteiger charge is 2.18. The predicted octanol–water partition coefficient (Wildman–Crippen LogP) is 1.26. The third-order valence-corrected chi connectivity index (χ3v) is 5.60. The second kappa shape index (κ2) is 20.5. The second-order valence-electron chi connectivity index (χ2n) is 7.02. The van der Waals surface area contributed by atoms with Gasteiger partial charge in [0.05, 0.1) is 17.8 Å². The third kappa shape index (κ3) is 18.4. The first-order chi connectivity index (χ1) is 15.4. The van der Waals surface area contributed by atoms with Gasteiger partial charge in [0.2, 0.25) is 0 Å². The molecule has 7 heteroatoms. The predicted molar refractivity (Wildman–Crippen MR) is 127 cm³/mol. The Morgan fingerprint density at radius 1 is 0.938 bits per heavy atom. The summed E-state index contributed by atoms with van der Waals surface area (Å²) in [6.07, 6.45) is 25.8. The summed E-state index contributed by atoms with van der Waals surface area (Å²) in [5.74, 6) is -1.99. The lowest BCUT2D eigenvalue weighted by molar-refractivity contribution is -0.431. The number of carboxylic acids is 2. The quantitative estimate of drug-likeness (QED) is 0.233. The lowest BCUT2D eigenvalue weighted by Crippen LogP contribution is -2.69. The van der Waals surface area contributed by atoms with E-state index in [9.17, 15) is 24.9 Å². The lowest BCUT2D eigenvalue weighted by Gasteiger charge is -2.19. The van der Waals surface area contributed by atoms with E-state index in [1.54, 1.807) is 0 Å². The Morgan fingerprint density at radius 2 is 1.59 bits per heavy atom. The molecule has 0 amide bonds. The summed E-state index contributed by atoms with van der Waals surface area (Å²) in [5.41, 5.74) is 3.57. The van der Waals surface area contributed by atoms with Gasteiger partial charge in [-0.25, -0.2) is 0 Å². The SMILES string of the molecule is CC/C=C\C/C=C\C[C@H](O)[C@@H](/C=C/C=C/C=C\C/C=C\CCC(=O)[O-])SC[C@H]([NH3+])C(=O)[O-]. The number of aliphatic carboxylic acids is 2. The Kier molecular flexibility index (Phi) is 19.0. The van der Waals surface area contributed by atoms with Gasteiger partial charge in [-0.3, -0.25) is 0 Å². The minimum Gasteiger partial charge on any atom is -0.550 e. The van der Waals surface area contributed by atoms with E-state index < -0.39 is 24.1 Å². The van der Waals surface area contributed by atoms with Crippen molar-refractivity contribution in [2.45, 2.75) is 62.8 Å². The number of thioether (sulfide) groups is 1. The van der Waals surface area contributed by atoms with Gasteiger partial charge in [-0.15, -0.1) is 11.8 Å². The van der Waals surface area contributed by atoms with Crippen molar-refractivity contribution >= 4 is 23.7 Å². The standard InChI is InChI=1S/C25H37NO5S/c1-2-3-4-5-11-14-17-22(27)23(32-20-21(26)25(30)31)18-15-12-9-7-6-8-10-13-16-19-24(28)29/h3-4,6-7,9-15,18,21-23,27H,2,5,8,16-17,19-20,26H2,1H3,(H,28,29)(H,30,31)/p-1/b4-3-,7-6-,12-9+,13-10-,14-11-,18-15+/t21-,22-,23+/m0/s1. The van der Waals surface area contributed by atoms with Crippen molar-refractivity contribution in [1.29, 1.82) is 0 Å². The second-order valence-corrected chi connectivity index (χ2v) is 8.23. The molecule has 0 spiro atoms. The topological polar surface area (TPSA) is 128 Å². The zero-order valence-corrected chi connectivity index (χ0v) is 19.6. The number of hydrogen-bond donors (Lipinski definition) is 2.